The number of aromatic hydroxyl groups is 1. The molecule has 1 aromatic heterocycles. The lowest BCUT2D eigenvalue weighted by Gasteiger charge is -2.36. The van der Waals surface area contributed by atoms with E-state index < -0.39 is 17.9 Å². The van der Waals surface area contributed by atoms with Crippen LogP contribution in [0, 0.1) is 11.7 Å². The van der Waals surface area contributed by atoms with Gasteiger partial charge in [0, 0.05) is 36.1 Å². The molecule has 1 saturated heterocycles. The van der Waals surface area contributed by atoms with Crippen LogP contribution in [-0.2, 0) is 17.6 Å². The molecule has 3 amide bonds. The molecule has 2 aromatic carbocycles. The first-order valence-corrected chi connectivity index (χ1v) is 12.4. The normalized spacial score (nSPS) is 21.7. The van der Waals surface area contributed by atoms with Crippen LogP contribution in [0.3, 0.4) is 0 Å². The van der Waals surface area contributed by atoms with Crippen molar-refractivity contribution in [2.75, 3.05) is 19.6 Å². The van der Waals surface area contributed by atoms with Crippen LogP contribution in [-0.4, -0.2) is 57.5 Å². The number of carbonyl (C=O) groups excluding carboxylic acids is 2. The number of H-pyrrole nitrogens is 1. The predicted octanol–water partition coefficient (Wildman–Crippen LogP) is 4.14. The number of benzene rings is 2. The van der Waals surface area contributed by atoms with E-state index in [9.17, 15) is 19.1 Å². The predicted molar refractivity (Wildman–Crippen MR) is 130 cm³/mol. The van der Waals surface area contributed by atoms with Crippen molar-refractivity contribution in [1.82, 2.24) is 20.1 Å². The van der Waals surface area contributed by atoms with E-state index >= 15 is 0 Å². The standard InChI is InChI=1S/C26H26ClFN4O3/c27-19-10-17-18-11-23-25(34)31(7-6-29-13-14-4-5-14)26(35)32(23)22(9-15-2-1-3-16(33)8-15)24(18)30-21(17)12-20(19)28/h1-3,8,10,12,14,22-23,29-30,33H,4-7,9,11,13H2/t22?,23-/m0/s1. The van der Waals surface area contributed by atoms with Gasteiger partial charge in [-0.15, -0.1) is 0 Å². The van der Waals surface area contributed by atoms with Crippen LogP contribution in [0.5, 0.6) is 5.75 Å². The lowest BCUT2D eigenvalue weighted by Crippen LogP contribution is -2.44. The Hall–Kier alpha value is -3.10. The molecule has 1 saturated carbocycles. The van der Waals surface area contributed by atoms with Gasteiger partial charge in [0.1, 0.15) is 17.6 Å². The zero-order chi connectivity index (χ0) is 24.3. The SMILES string of the molecule is O=C1[C@@H]2Cc3c([nH]c4cc(F)c(Cl)cc34)C(Cc3cccc(O)c3)N2C(=O)N1CCNCC1CC1. The third-order valence-corrected chi connectivity index (χ3v) is 7.66. The summed E-state index contributed by atoms with van der Waals surface area (Å²) in [5, 5.41) is 14.1. The molecule has 182 valence electrons. The number of rotatable bonds is 7. The van der Waals surface area contributed by atoms with Crippen LogP contribution in [0.2, 0.25) is 5.02 Å². The summed E-state index contributed by atoms with van der Waals surface area (Å²) in [6.07, 6.45) is 3.21. The van der Waals surface area contributed by atoms with Gasteiger partial charge in [0.15, 0.2) is 0 Å². The zero-order valence-electron chi connectivity index (χ0n) is 19.1. The molecule has 2 fully saturated rings. The van der Waals surface area contributed by atoms with Crippen LogP contribution in [0.4, 0.5) is 9.18 Å². The number of aromatic amines is 1. The Kier molecular flexibility index (Phi) is 5.45. The van der Waals surface area contributed by atoms with Gasteiger partial charge in [-0.1, -0.05) is 23.7 Å². The highest BCUT2D eigenvalue weighted by Gasteiger charge is 2.51. The van der Waals surface area contributed by atoms with Gasteiger partial charge in [-0.25, -0.2) is 9.18 Å². The van der Waals surface area contributed by atoms with Gasteiger partial charge in [0.25, 0.3) is 5.91 Å². The van der Waals surface area contributed by atoms with Crippen molar-refractivity contribution in [2.24, 2.45) is 5.92 Å². The molecule has 2 aliphatic heterocycles. The van der Waals surface area contributed by atoms with E-state index in [1.54, 1.807) is 29.2 Å². The van der Waals surface area contributed by atoms with Gasteiger partial charge >= 0.3 is 6.03 Å². The van der Waals surface area contributed by atoms with E-state index in [2.05, 4.69) is 10.3 Å². The highest BCUT2D eigenvalue weighted by atomic mass is 35.5. The minimum Gasteiger partial charge on any atom is -0.508 e. The number of phenols is 1. The third kappa shape index (κ3) is 3.94. The van der Waals surface area contributed by atoms with E-state index in [-0.39, 0.29) is 22.7 Å². The minimum atomic E-state index is -0.636. The van der Waals surface area contributed by atoms with Crippen molar-refractivity contribution in [2.45, 2.75) is 37.8 Å². The second-order valence-electron chi connectivity index (χ2n) is 9.77. The molecule has 3 aliphatic rings. The van der Waals surface area contributed by atoms with Crippen molar-refractivity contribution >= 4 is 34.4 Å². The first kappa shape index (κ1) is 22.4. The van der Waals surface area contributed by atoms with Gasteiger partial charge in [-0.3, -0.25) is 9.69 Å². The summed E-state index contributed by atoms with van der Waals surface area (Å²) in [6.45, 7) is 1.80. The molecule has 35 heavy (non-hydrogen) atoms. The summed E-state index contributed by atoms with van der Waals surface area (Å²) in [6, 6.07) is 8.40. The summed E-state index contributed by atoms with van der Waals surface area (Å²) < 4.78 is 14.2. The number of nitrogens with one attached hydrogen (secondary N) is 2. The van der Waals surface area contributed by atoms with E-state index in [4.69, 9.17) is 11.6 Å². The number of urea groups is 1. The first-order chi connectivity index (χ1) is 16.9. The van der Waals surface area contributed by atoms with E-state index in [0.717, 1.165) is 28.8 Å². The Labute approximate surface area is 206 Å². The van der Waals surface area contributed by atoms with Crippen LogP contribution < -0.4 is 5.32 Å². The molecule has 1 aliphatic carbocycles. The number of aromatic nitrogens is 1. The molecule has 3 aromatic rings. The molecule has 9 heteroatoms. The number of imide groups is 1. The summed E-state index contributed by atoms with van der Waals surface area (Å²) >= 11 is 6.09. The summed E-state index contributed by atoms with van der Waals surface area (Å²) in [5.41, 5.74) is 3.06. The van der Waals surface area contributed by atoms with Gasteiger partial charge in [0.2, 0.25) is 0 Å². The average Bonchev–Trinajstić information content (AvgIpc) is 3.54. The van der Waals surface area contributed by atoms with E-state index in [0.29, 0.717) is 37.4 Å². The lowest BCUT2D eigenvalue weighted by atomic mass is 9.89. The van der Waals surface area contributed by atoms with Gasteiger partial charge in [-0.05, 0) is 67.1 Å². The lowest BCUT2D eigenvalue weighted by molar-refractivity contribution is -0.128. The zero-order valence-corrected chi connectivity index (χ0v) is 19.8. The van der Waals surface area contributed by atoms with Gasteiger partial charge in [-0.2, -0.15) is 0 Å². The molecule has 6 rings (SSSR count). The second-order valence-corrected chi connectivity index (χ2v) is 10.2. The van der Waals surface area contributed by atoms with Gasteiger partial charge < -0.3 is 20.3 Å². The summed E-state index contributed by atoms with van der Waals surface area (Å²) in [4.78, 5) is 33.3. The maximum atomic E-state index is 14.2. The Morgan fingerprint density at radius 2 is 2.03 bits per heavy atom. The fraction of sp³-hybridized carbons (Fsp3) is 0.385. The molecule has 0 spiro atoms. The molecule has 2 atom stereocenters. The summed E-state index contributed by atoms with van der Waals surface area (Å²) in [5.74, 6) is 0.109. The fourth-order valence-electron chi connectivity index (χ4n) is 5.44. The Morgan fingerprint density at radius 1 is 1.20 bits per heavy atom. The Balaban J connectivity index is 1.36. The number of hydrogen-bond acceptors (Lipinski definition) is 4. The molecule has 3 N–H and O–H groups in total. The van der Waals surface area contributed by atoms with Crippen molar-refractivity contribution in [3.8, 4) is 5.75 Å². The fourth-order valence-corrected chi connectivity index (χ4v) is 5.60. The quantitative estimate of drug-likeness (QED) is 0.339. The Bertz CT molecular complexity index is 1340. The van der Waals surface area contributed by atoms with Crippen LogP contribution in [0.15, 0.2) is 36.4 Å². The number of carbonyl (C=O) groups is 2. The molecule has 1 unspecified atom stereocenters. The summed E-state index contributed by atoms with van der Waals surface area (Å²) in [7, 11) is 0. The Morgan fingerprint density at radius 3 is 2.80 bits per heavy atom. The largest absolute Gasteiger partial charge is 0.508 e. The van der Waals surface area contributed by atoms with Crippen molar-refractivity contribution in [1.29, 1.82) is 0 Å². The van der Waals surface area contributed by atoms with E-state index in [1.807, 2.05) is 6.07 Å². The number of hydrogen-bond donors (Lipinski definition) is 3. The molecule has 0 bridgehead atoms. The number of halogens is 2. The monoisotopic (exact) mass is 496 g/mol. The number of phenolic OH excluding ortho intramolecular Hbond substituents is 1. The second kappa shape index (κ2) is 8.53. The van der Waals surface area contributed by atoms with Crippen LogP contribution >= 0.6 is 11.6 Å². The molecular formula is C26H26ClFN4O3. The molecule has 3 heterocycles. The number of fused-ring (bicyclic) bond motifs is 4. The smallest absolute Gasteiger partial charge is 0.328 e. The topological polar surface area (TPSA) is 88.7 Å². The van der Waals surface area contributed by atoms with Gasteiger partial charge in [0.05, 0.1) is 11.1 Å². The van der Waals surface area contributed by atoms with Crippen LogP contribution in [0.25, 0.3) is 10.9 Å². The molecule has 0 radical (unpaired) electrons. The molecular weight excluding hydrogens is 471 g/mol. The first-order valence-electron chi connectivity index (χ1n) is 12.0. The van der Waals surface area contributed by atoms with Crippen molar-refractivity contribution in [3.05, 3.63) is 64.1 Å². The molecule has 7 nitrogen and oxygen atoms in total. The number of amides is 3. The number of nitrogens with zero attached hydrogens (tertiary/aromatic N) is 2. The average molecular weight is 497 g/mol. The maximum Gasteiger partial charge on any atom is 0.328 e. The maximum absolute atomic E-state index is 14.2. The minimum absolute atomic E-state index is 0.0171. The van der Waals surface area contributed by atoms with Crippen LogP contribution in [0.1, 0.15) is 35.7 Å². The highest BCUT2D eigenvalue weighted by molar-refractivity contribution is 6.31. The van der Waals surface area contributed by atoms with E-state index in [1.165, 1.54) is 23.8 Å². The highest BCUT2D eigenvalue weighted by Crippen LogP contribution is 2.43. The van der Waals surface area contributed by atoms with Crippen molar-refractivity contribution in [3.63, 3.8) is 0 Å². The van der Waals surface area contributed by atoms with Crippen molar-refractivity contribution < 1.29 is 19.1 Å². The third-order valence-electron chi connectivity index (χ3n) is 7.37.